The molecule has 1 N–H and O–H groups in total. The normalized spacial score (nSPS) is 15.6. The van der Waals surface area contributed by atoms with Crippen LogP contribution in [0.25, 0.3) is 0 Å². The molecule has 0 aliphatic rings. The van der Waals surface area contributed by atoms with Gasteiger partial charge in [0.15, 0.2) is 5.82 Å². The molecule has 3 atom stereocenters. The highest BCUT2D eigenvalue weighted by molar-refractivity contribution is 5.21. The van der Waals surface area contributed by atoms with Crippen LogP contribution in [0.1, 0.15) is 56.1 Å². The third kappa shape index (κ3) is 3.68. The van der Waals surface area contributed by atoms with E-state index in [2.05, 4.69) is 34.5 Å². The molecule has 0 aliphatic carbocycles. The highest BCUT2D eigenvalue weighted by Gasteiger charge is 2.25. The Labute approximate surface area is 125 Å². The summed E-state index contributed by atoms with van der Waals surface area (Å²) in [6, 6.07) is 10.4. The molecule has 2 rings (SSSR count). The maximum Gasteiger partial charge on any atom is 0.231 e. The summed E-state index contributed by atoms with van der Waals surface area (Å²) in [5, 5.41) is 7.35. The van der Waals surface area contributed by atoms with Gasteiger partial charge >= 0.3 is 0 Å². The van der Waals surface area contributed by atoms with Gasteiger partial charge in [0.1, 0.15) is 6.10 Å². The Kier molecular flexibility index (Phi) is 5.47. The Balaban J connectivity index is 2.17. The van der Waals surface area contributed by atoms with Crippen molar-refractivity contribution in [3.63, 3.8) is 0 Å². The molecule has 5 nitrogen and oxygen atoms in total. The van der Waals surface area contributed by atoms with Crippen molar-refractivity contribution in [2.45, 2.75) is 38.8 Å². The standard InChI is InChI=1S/C16H23N3O2/c1-5-20-12(3)15-18-16(21-19-15)11(2)14(17-4)13-9-7-6-8-10-13/h6-12,14,17H,5H2,1-4H3. The average Bonchev–Trinajstić information content (AvgIpc) is 2.99. The number of likely N-dealkylation sites (N-methyl/N-ethyl adjacent to an activating group) is 1. The Hall–Kier alpha value is -1.72. The van der Waals surface area contributed by atoms with Gasteiger partial charge in [-0.05, 0) is 26.5 Å². The molecule has 0 saturated carbocycles. The van der Waals surface area contributed by atoms with Crippen LogP contribution in [0.15, 0.2) is 34.9 Å². The lowest BCUT2D eigenvalue weighted by Crippen LogP contribution is -2.22. The van der Waals surface area contributed by atoms with Gasteiger partial charge in [-0.1, -0.05) is 42.4 Å². The summed E-state index contributed by atoms with van der Waals surface area (Å²) in [4.78, 5) is 4.48. The van der Waals surface area contributed by atoms with E-state index in [0.29, 0.717) is 18.3 Å². The first-order valence-corrected chi connectivity index (χ1v) is 7.34. The summed E-state index contributed by atoms with van der Waals surface area (Å²) < 4.78 is 10.9. The van der Waals surface area contributed by atoms with E-state index in [0.717, 1.165) is 0 Å². The largest absolute Gasteiger partial charge is 0.371 e. The van der Waals surface area contributed by atoms with Crippen LogP contribution in [-0.4, -0.2) is 23.8 Å². The summed E-state index contributed by atoms with van der Waals surface area (Å²) in [6.07, 6.45) is -0.149. The Bertz CT molecular complexity index is 541. The van der Waals surface area contributed by atoms with E-state index in [9.17, 15) is 0 Å². The van der Waals surface area contributed by atoms with Crippen LogP contribution in [0, 0.1) is 0 Å². The van der Waals surface area contributed by atoms with Crippen LogP contribution >= 0.6 is 0 Å². The van der Waals surface area contributed by atoms with Gasteiger partial charge in [-0.3, -0.25) is 0 Å². The molecule has 0 radical (unpaired) electrons. The summed E-state index contributed by atoms with van der Waals surface area (Å²) >= 11 is 0. The SMILES string of the molecule is CCOC(C)c1noc(C(C)C(NC)c2ccccc2)n1. The van der Waals surface area contributed by atoms with Crippen molar-refractivity contribution in [2.75, 3.05) is 13.7 Å². The summed E-state index contributed by atoms with van der Waals surface area (Å²) in [6.45, 7) is 6.59. The van der Waals surface area contributed by atoms with Gasteiger partial charge in [-0.2, -0.15) is 4.98 Å². The summed E-state index contributed by atoms with van der Waals surface area (Å²) in [5.41, 5.74) is 1.20. The highest BCUT2D eigenvalue weighted by atomic mass is 16.5. The molecule has 0 amide bonds. The predicted molar refractivity (Wildman–Crippen MR) is 81.0 cm³/mol. The fraction of sp³-hybridized carbons (Fsp3) is 0.500. The average molecular weight is 289 g/mol. The molecular formula is C16H23N3O2. The summed E-state index contributed by atoms with van der Waals surface area (Å²) in [5.74, 6) is 1.30. The molecule has 5 heteroatoms. The molecule has 1 aromatic heterocycles. The number of rotatable bonds is 7. The van der Waals surface area contributed by atoms with Crippen LogP contribution < -0.4 is 5.32 Å². The van der Waals surface area contributed by atoms with Crippen molar-refractivity contribution in [1.82, 2.24) is 15.5 Å². The molecule has 21 heavy (non-hydrogen) atoms. The number of ether oxygens (including phenoxy) is 1. The van der Waals surface area contributed by atoms with Crippen LogP contribution in [0.4, 0.5) is 0 Å². The second-order valence-electron chi connectivity index (χ2n) is 5.05. The van der Waals surface area contributed by atoms with E-state index < -0.39 is 0 Å². The van der Waals surface area contributed by atoms with Crippen LogP contribution in [-0.2, 0) is 4.74 Å². The van der Waals surface area contributed by atoms with E-state index >= 15 is 0 Å². The molecule has 0 fully saturated rings. The molecule has 0 aliphatic heterocycles. The molecule has 0 bridgehead atoms. The van der Waals surface area contributed by atoms with Crippen molar-refractivity contribution >= 4 is 0 Å². The minimum absolute atomic E-state index is 0.0764. The minimum Gasteiger partial charge on any atom is -0.371 e. The molecule has 1 aromatic carbocycles. The number of hydrogen-bond donors (Lipinski definition) is 1. The van der Waals surface area contributed by atoms with Gasteiger partial charge in [-0.25, -0.2) is 0 Å². The smallest absolute Gasteiger partial charge is 0.231 e. The maximum atomic E-state index is 5.49. The Morgan fingerprint density at radius 3 is 2.57 bits per heavy atom. The van der Waals surface area contributed by atoms with Crippen molar-refractivity contribution < 1.29 is 9.26 Å². The van der Waals surface area contributed by atoms with Gasteiger partial charge in [0.05, 0.1) is 5.92 Å². The molecular weight excluding hydrogens is 266 g/mol. The number of benzene rings is 1. The van der Waals surface area contributed by atoms with E-state index in [4.69, 9.17) is 9.26 Å². The first kappa shape index (κ1) is 15.7. The minimum atomic E-state index is -0.149. The van der Waals surface area contributed by atoms with Gasteiger partial charge in [-0.15, -0.1) is 0 Å². The molecule has 2 aromatic rings. The van der Waals surface area contributed by atoms with E-state index in [-0.39, 0.29) is 18.1 Å². The lowest BCUT2D eigenvalue weighted by Gasteiger charge is -2.21. The molecule has 0 saturated heterocycles. The van der Waals surface area contributed by atoms with Crippen molar-refractivity contribution in [3.8, 4) is 0 Å². The van der Waals surface area contributed by atoms with Gasteiger partial charge < -0.3 is 14.6 Å². The van der Waals surface area contributed by atoms with E-state index in [1.807, 2.05) is 39.1 Å². The van der Waals surface area contributed by atoms with Gasteiger partial charge in [0.25, 0.3) is 0 Å². The number of hydrogen-bond acceptors (Lipinski definition) is 5. The number of nitrogens with one attached hydrogen (secondary N) is 1. The zero-order valence-electron chi connectivity index (χ0n) is 13.0. The maximum absolute atomic E-state index is 5.49. The third-order valence-electron chi connectivity index (χ3n) is 3.60. The Morgan fingerprint density at radius 1 is 1.24 bits per heavy atom. The first-order chi connectivity index (χ1) is 10.2. The van der Waals surface area contributed by atoms with Crippen molar-refractivity contribution in [1.29, 1.82) is 0 Å². The zero-order chi connectivity index (χ0) is 15.2. The third-order valence-corrected chi connectivity index (χ3v) is 3.60. The van der Waals surface area contributed by atoms with E-state index in [1.54, 1.807) is 0 Å². The van der Waals surface area contributed by atoms with Crippen LogP contribution in [0.5, 0.6) is 0 Å². The zero-order valence-corrected chi connectivity index (χ0v) is 13.0. The second-order valence-corrected chi connectivity index (χ2v) is 5.05. The lowest BCUT2D eigenvalue weighted by atomic mass is 9.94. The summed E-state index contributed by atoms with van der Waals surface area (Å²) in [7, 11) is 1.94. The van der Waals surface area contributed by atoms with Crippen molar-refractivity contribution in [2.24, 2.45) is 0 Å². The van der Waals surface area contributed by atoms with E-state index in [1.165, 1.54) is 5.56 Å². The van der Waals surface area contributed by atoms with Gasteiger partial charge in [0, 0.05) is 12.6 Å². The first-order valence-electron chi connectivity index (χ1n) is 7.34. The van der Waals surface area contributed by atoms with Crippen LogP contribution in [0.3, 0.4) is 0 Å². The topological polar surface area (TPSA) is 60.2 Å². The second kappa shape index (κ2) is 7.33. The molecule has 1 heterocycles. The Morgan fingerprint density at radius 2 is 1.95 bits per heavy atom. The fourth-order valence-electron chi connectivity index (χ4n) is 2.43. The highest BCUT2D eigenvalue weighted by Crippen LogP contribution is 2.30. The molecule has 0 spiro atoms. The lowest BCUT2D eigenvalue weighted by molar-refractivity contribution is 0.0683. The number of nitrogens with zero attached hydrogens (tertiary/aromatic N) is 2. The predicted octanol–water partition coefficient (Wildman–Crippen LogP) is 3.23. The van der Waals surface area contributed by atoms with Gasteiger partial charge in [0.2, 0.25) is 5.89 Å². The number of aromatic nitrogens is 2. The monoisotopic (exact) mass is 289 g/mol. The fourth-order valence-corrected chi connectivity index (χ4v) is 2.43. The molecule has 114 valence electrons. The quantitative estimate of drug-likeness (QED) is 0.848. The van der Waals surface area contributed by atoms with Crippen molar-refractivity contribution in [3.05, 3.63) is 47.6 Å². The molecule has 3 unspecified atom stereocenters. The van der Waals surface area contributed by atoms with Crippen LogP contribution in [0.2, 0.25) is 0 Å².